The number of pyridine rings is 1. The van der Waals surface area contributed by atoms with E-state index >= 15 is 0 Å². The van der Waals surface area contributed by atoms with Crippen LogP contribution in [0.3, 0.4) is 0 Å². The van der Waals surface area contributed by atoms with Crippen LogP contribution in [-0.4, -0.2) is 10.9 Å². The van der Waals surface area contributed by atoms with Crippen LogP contribution >= 0.6 is 0 Å². The monoisotopic (exact) mass is 240 g/mol. The summed E-state index contributed by atoms with van der Waals surface area (Å²) >= 11 is 0. The van der Waals surface area contributed by atoms with E-state index in [9.17, 15) is 4.79 Å². The van der Waals surface area contributed by atoms with Crippen molar-refractivity contribution >= 4 is 22.5 Å². The second kappa shape index (κ2) is 5.45. The smallest absolute Gasteiger partial charge is 0.251 e. The molecule has 2 aromatic rings. The van der Waals surface area contributed by atoms with Crippen LogP contribution < -0.4 is 5.32 Å². The van der Waals surface area contributed by atoms with Crippen molar-refractivity contribution in [2.24, 2.45) is 0 Å². The second-order valence-corrected chi connectivity index (χ2v) is 4.13. The second-order valence-electron chi connectivity index (χ2n) is 4.13. The fourth-order valence-electron chi connectivity index (χ4n) is 1.82. The predicted octanol–water partition coefficient (Wildman–Crippen LogP) is 3.53. The first kappa shape index (κ1) is 12.3. The molecule has 1 aromatic carbocycles. The number of rotatable bonds is 3. The van der Waals surface area contributed by atoms with Gasteiger partial charge in [0.25, 0.3) is 5.91 Å². The number of anilines is 1. The summed E-state index contributed by atoms with van der Waals surface area (Å²) in [4.78, 5) is 16.2. The molecule has 18 heavy (non-hydrogen) atoms. The summed E-state index contributed by atoms with van der Waals surface area (Å²) in [5.41, 5.74) is 2.30. The fraction of sp³-hybridized carbons (Fsp3) is 0.200. The van der Waals surface area contributed by atoms with E-state index in [1.165, 1.54) is 0 Å². The number of hydrogen-bond acceptors (Lipinski definition) is 2. The van der Waals surface area contributed by atoms with Gasteiger partial charge in [-0.1, -0.05) is 31.2 Å². The molecule has 92 valence electrons. The highest BCUT2D eigenvalue weighted by molar-refractivity contribution is 6.07. The summed E-state index contributed by atoms with van der Waals surface area (Å²) in [6, 6.07) is 9.63. The zero-order valence-corrected chi connectivity index (χ0v) is 10.6. The van der Waals surface area contributed by atoms with Crippen molar-refractivity contribution in [2.75, 3.05) is 5.32 Å². The molecule has 1 aromatic heterocycles. The van der Waals surface area contributed by atoms with Crippen LogP contribution in [0.2, 0.25) is 0 Å². The van der Waals surface area contributed by atoms with Crippen LogP contribution in [0.15, 0.2) is 48.2 Å². The molecule has 0 aliphatic rings. The minimum Gasteiger partial charge on any atom is -0.320 e. The summed E-state index contributed by atoms with van der Waals surface area (Å²) in [6.45, 7) is 3.83. The fourth-order valence-corrected chi connectivity index (χ4v) is 1.82. The summed E-state index contributed by atoms with van der Waals surface area (Å²) < 4.78 is 0. The van der Waals surface area contributed by atoms with E-state index in [4.69, 9.17) is 0 Å². The van der Waals surface area contributed by atoms with E-state index in [2.05, 4.69) is 10.3 Å². The average Bonchev–Trinajstić information content (AvgIpc) is 2.39. The Hall–Kier alpha value is -2.16. The molecule has 0 aliphatic carbocycles. The summed E-state index contributed by atoms with van der Waals surface area (Å²) in [7, 11) is 0. The van der Waals surface area contributed by atoms with Gasteiger partial charge in [-0.05, 0) is 25.5 Å². The topological polar surface area (TPSA) is 42.0 Å². The van der Waals surface area contributed by atoms with Gasteiger partial charge in [0.1, 0.15) is 0 Å². The van der Waals surface area contributed by atoms with Crippen LogP contribution in [-0.2, 0) is 4.79 Å². The third kappa shape index (κ3) is 2.56. The first-order valence-electron chi connectivity index (χ1n) is 6.04. The predicted molar refractivity (Wildman–Crippen MR) is 74.4 cm³/mol. The molecule has 0 saturated carbocycles. The maximum atomic E-state index is 11.9. The van der Waals surface area contributed by atoms with E-state index in [-0.39, 0.29) is 5.91 Å². The molecule has 1 heterocycles. The zero-order chi connectivity index (χ0) is 13.0. The van der Waals surface area contributed by atoms with Gasteiger partial charge in [-0.3, -0.25) is 9.78 Å². The number of hydrogen-bond donors (Lipinski definition) is 1. The number of carbonyl (C=O) groups is 1. The minimum atomic E-state index is -0.0741. The Bertz CT molecular complexity index is 597. The molecule has 0 unspecified atom stereocenters. The summed E-state index contributed by atoms with van der Waals surface area (Å²) in [5.74, 6) is -0.0741. The third-order valence-corrected chi connectivity index (χ3v) is 2.75. The SMILES string of the molecule is CC/C=C(\C)C(=O)Nc1cccc2cccnc12. The molecule has 3 heteroatoms. The molecule has 1 N–H and O–H groups in total. The number of allylic oxidation sites excluding steroid dienone is 1. The van der Waals surface area contributed by atoms with Crippen LogP contribution in [0.5, 0.6) is 0 Å². The summed E-state index contributed by atoms with van der Waals surface area (Å²) in [5, 5.41) is 3.92. The highest BCUT2D eigenvalue weighted by Crippen LogP contribution is 2.21. The number of aromatic nitrogens is 1. The van der Waals surface area contributed by atoms with Crippen LogP contribution in [0.25, 0.3) is 10.9 Å². The van der Waals surface area contributed by atoms with Gasteiger partial charge in [-0.2, -0.15) is 0 Å². The van der Waals surface area contributed by atoms with Crippen molar-refractivity contribution < 1.29 is 4.79 Å². The van der Waals surface area contributed by atoms with Gasteiger partial charge in [-0.25, -0.2) is 0 Å². The number of amides is 1. The molecular weight excluding hydrogens is 224 g/mol. The number of benzene rings is 1. The molecular formula is C15H16N2O. The number of nitrogens with one attached hydrogen (secondary N) is 1. The van der Waals surface area contributed by atoms with Crippen molar-refractivity contribution in [3.8, 4) is 0 Å². The zero-order valence-electron chi connectivity index (χ0n) is 10.6. The van der Waals surface area contributed by atoms with Crippen LogP contribution in [0.4, 0.5) is 5.69 Å². The van der Waals surface area contributed by atoms with Crippen LogP contribution in [0.1, 0.15) is 20.3 Å². The maximum Gasteiger partial charge on any atom is 0.251 e. The van der Waals surface area contributed by atoms with Crippen molar-refractivity contribution in [2.45, 2.75) is 20.3 Å². The molecule has 0 bridgehead atoms. The van der Waals surface area contributed by atoms with Gasteiger partial charge < -0.3 is 5.32 Å². The Morgan fingerprint density at radius 3 is 2.89 bits per heavy atom. The molecule has 0 fully saturated rings. The standard InChI is InChI=1S/C15H16N2O/c1-3-6-11(2)15(18)17-13-9-4-7-12-8-5-10-16-14(12)13/h4-10H,3H2,1-2H3,(H,17,18)/b11-6+. The Morgan fingerprint density at radius 2 is 2.11 bits per heavy atom. The normalized spacial score (nSPS) is 11.6. The quantitative estimate of drug-likeness (QED) is 0.834. The van der Waals surface area contributed by atoms with E-state index in [1.807, 2.05) is 50.3 Å². The van der Waals surface area contributed by atoms with E-state index in [0.717, 1.165) is 28.6 Å². The highest BCUT2D eigenvalue weighted by Gasteiger charge is 2.07. The summed E-state index contributed by atoms with van der Waals surface area (Å²) in [6.07, 6.45) is 4.49. The number of carbonyl (C=O) groups excluding carboxylic acids is 1. The lowest BCUT2D eigenvalue weighted by molar-refractivity contribution is -0.112. The first-order valence-corrected chi connectivity index (χ1v) is 6.04. The molecule has 0 saturated heterocycles. The molecule has 0 aliphatic heterocycles. The number of para-hydroxylation sites is 1. The van der Waals surface area contributed by atoms with Gasteiger partial charge in [0.15, 0.2) is 0 Å². The first-order chi connectivity index (χ1) is 8.72. The lowest BCUT2D eigenvalue weighted by Gasteiger charge is -2.08. The van der Waals surface area contributed by atoms with Crippen molar-refractivity contribution in [1.82, 2.24) is 4.98 Å². The number of nitrogens with zero attached hydrogens (tertiary/aromatic N) is 1. The van der Waals surface area contributed by atoms with E-state index in [1.54, 1.807) is 6.20 Å². The Balaban J connectivity index is 2.32. The van der Waals surface area contributed by atoms with Crippen LogP contribution in [0, 0.1) is 0 Å². The lowest BCUT2D eigenvalue weighted by atomic mass is 10.1. The van der Waals surface area contributed by atoms with E-state index < -0.39 is 0 Å². The van der Waals surface area contributed by atoms with Crippen molar-refractivity contribution in [3.05, 3.63) is 48.2 Å². The molecule has 2 rings (SSSR count). The highest BCUT2D eigenvalue weighted by atomic mass is 16.1. The Labute approximate surface area is 107 Å². The molecule has 0 spiro atoms. The molecule has 3 nitrogen and oxygen atoms in total. The average molecular weight is 240 g/mol. The van der Waals surface area contributed by atoms with Crippen molar-refractivity contribution in [1.29, 1.82) is 0 Å². The molecule has 0 radical (unpaired) electrons. The van der Waals surface area contributed by atoms with Gasteiger partial charge in [-0.15, -0.1) is 0 Å². The Kier molecular flexibility index (Phi) is 3.72. The molecule has 1 amide bonds. The molecule has 0 atom stereocenters. The lowest BCUT2D eigenvalue weighted by Crippen LogP contribution is -2.13. The van der Waals surface area contributed by atoms with E-state index in [0.29, 0.717) is 0 Å². The van der Waals surface area contributed by atoms with Gasteiger partial charge >= 0.3 is 0 Å². The van der Waals surface area contributed by atoms with Crippen molar-refractivity contribution in [3.63, 3.8) is 0 Å². The van der Waals surface area contributed by atoms with Gasteiger partial charge in [0.2, 0.25) is 0 Å². The third-order valence-electron chi connectivity index (χ3n) is 2.75. The Morgan fingerprint density at radius 1 is 1.33 bits per heavy atom. The van der Waals surface area contributed by atoms with Gasteiger partial charge in [0, 0.05) is 17.2 Å². The number of fused-ring (bicyclic) bond motifs is 1. The largest absolute Gasteiger partial charge is 0.320 e. The minimum absolute atomic E-state index is 0.0741. The maximum absolute atomic E-state index is 11.9. The van der Waals surface area contributed by atoms with Gasteiger partial charge in [0.05, 0.1) is 11.2 Å².